The average molecular weight is 421 g/mol. The molecule has 3 rings (SSSR count). The zero-order valence-corrected chi connectivity index (χ0v) is 18.6. The maximum atomic E-state index is 13.2. The second-order valence-corrected chi connectivity index (χ2v) is 7.97. The van der Waals surface area contributed by atoms with Crippen molar-refractivity contribution >= 4 is 5.91 Å². The predicted molar refractivity (Wildman–Crippen MR) is 121 cm³/mol. The maximum Gasteiger partial charge on any atom is 0.352 e. The van der Waals surface area contributed by atoms with E-state index < -0.39 is 17.2 Å². The topological polar surface area (TPSA) is 86.0 Å². The Morgan fingerprint density at radius 1 is 1.03 bits per heavy atom. The van der Waals surface area contributed by atoms with Gasteiger partial charge in [0.05, 0.1) is 12.2 Å². The molecular formula is C24H28N4O3. The largest absolute Gasteiger partial charge is 0.352 e. The van der Waals surface area contributed by atoms with Gasteiger partial charge in [-0.2, -0.15) is 9.78 Å². The Labute approximate surface area is 181 Å². The number of carbonyl (C=O) groups excluding carboxylic acids is 1. The van der Waals surface area contributed by atoms with Gasteiger partial charge in [0.15, 0.2) is 0 Å². The van der Waals surface area contributed by atoms with Crippen LogP contribution in [0, 0.1) is 20.8 Å². The van der Waals surface area contributed by atoms with E-state index >= 15 is 0 Å². The lowest BCUT2D eigenvalue weighted by molar-refractivity contribution is 0.0929. The van der Waals surface area contributed by atoms with Crippen molar-refractivity contribution in [2.75, 3.05) is 0 Å². The fourth-order valence-electron chi connectivity index (χ4n) is 3.09. The van der Waals surface area contributed by atoms with Crippen LogP contribution in [0.15, 0.2) is 52.1 Å². The highest BCUT2D eigenvalue weighted by molar-refractivity contribution is 5.91. The molecule has 0 aliphatic heterocycles. The number of carbonyl (C=O) groups is 1. The van der Waals surface area contributed by atoms with Crippen LogP contribution in [-0.4, -0.2) is 26.3 Å². The van der Waals surface area contributed by atoms with E-state index in [1.807, 2.05) is 71.0 Å². The Hall–Kier alpha value is -3.48. The predicted octanol–water partition coefficient (Wildman–Crippen LogP) is 2.90. The molecule has 0 fully saturated rings. The molecule has 1 aromatic heterocycles. The zero-order chi connectivity index (χ0) is 22.7. The van der Waals surface area contributed by atoms with Crippen LogP contribution >= 0.6 is 0 Å². The third kappa shape index (κ3) is 4.82. The summed E-state index contributed by atoms with van der Waals surface area (Å²) in [6.45, 7) is 9.70. The SMILES string of the molecule is CC[C@H](C)NC(=O)c1nn(-c2ccc(C)c(C)c2)c(=O)n(Cc2ccc(C)cc2)c1=O. The Morgan fingerprint density at radius 3 is 2.32 bits per heavy atom. The summed E-state index contributed by atoms with van der Waals surface area (Å²) >= 11 is 0. The van der Waals surface area contributed by atoms with E-state index in [1.165, 1.54) is 0 Å². The molecule has 0 saturated carbocycles. The van der Waals surface area contributed by atoms with Gasteiger partial charge in [0.2, 0.25) is 5.69 Å². The summed E-state index contributed by atoms with van der Waals surface area (Å²) in [5.74, 6) is -0.588. The first kappa shape index (κ1) is 22.2. The van der Waals surface area contributed by atoms with Gasteiger partial charge in [-0.25, -0.2) is 4.79 Å². The molecule has 0 spiro atoms. The monoisotopic (exact) mass is 420 g/mol. The first-order valence-electron chi connectivity index (χ1n) is 10.4. The van der Waals surface area contributed by atoms with Gasteiger partial charge in [-0.05, 0) is 62.9 Å². The molecule has 1 atom stereocenters. The number of aryl methyl sites for hydroxylation is 3. The van der Waals surface area contributed by atoms with E-state index in [-0.39, 0.29) is 18.3 Å². The molecule has 31 heavy (non-hydrogen) atoms. The minimum Gasteiger partial charge on any atom is -0.348 e. The summed E-state index contributed by atoms with van der Waals surface area (Å²) in [5.41, 5.74) is 2.82. The van der Waals surface area contributed by atoms with Crippen LogP contribution in [0.1, 0.15) is 53.0 Å². The van der Waals surface area contributed by atoms with E-state index in [9.17, 15) is 14.4 Å². The van der Waals surface area contributed by atoms with Crippen LogP contribution in [0.25, 0.3) is 5.69 Å². The van der Waals surface area contributed by atoms with Crippen LogP contribution in [0.2, 0.25) is 0 Å². The standard InChI is InChI=1S/C24H28N4O3/c1-6-18(5)25-22(29)21-23(30)27(14-19-10-7-15(2)8-11-19)24(31)28(26-21)20-12-9-16(3)17(4)13-20/h7-13,18H,6,14H2,1-5H3,(H,25,29)/t18-/m0/s1. The van der Waals surface area contributed by atoms with E-state index in [1.54, 1.807) is 6.07 Å². The van der Waals surface area contributed by atoms with Gasteiger partial charge < -0.3 is 5.32 Å². The molecule has 7 heteroatoms. The number of nitrogens with zero attached hydrogens (tertiary/aromatic N) is 3. The summed E-state index contributed by atoms with van der Waals surface area (Å²) in [6.07, 6.45) is 0.708. The Morgan fingerprint density at radius 2 is 1.71 bits per heavy atom. The number of aromatic nitrogens is 3. The molecule has 7 nitrogen and oxygen atoms in total. The number of rotatable bonds is 6. The van der Waals surface area contributed by atoms with Gasteiger partial charge in [-0.3, -0.25) is 14.2 Å². The van der Waals surface area contributed by atoms with Crippen molar-refractivity contribution in [3.05, 3.63) is 91.3 Å². The second kappa shape index (κ2) is 9.12. The zero-order valence-electron chi connectivity index (χ0n) is 18.6. The normalized spacial score (nSPS) is 11.9. The van der Waals surface area contributed by atoms with Gasteiger partial charge in [-0.1, -0.05) is 42.8 Å². The lowest BCUT2D eigenvalue weighted by Crippen LogP contribution is -2.47. The lowest BCUT2D eigenvalue weighted by atomic mass is 10.1. The average Bonchev–Trinajstić information content (AvgIpc) is 2.74. The first-order chi connectivity index (χ1) is 14.7. The van der Waals surface area contributed by atoms with Crippen molar-refractivity contribution in [2.45, 2.75) is 53.6 Å². The van der Waals surface area contributed by atoms with Crippen LogP contribution in [0.5, 0.6) is 0 Å². The molecule has 0 radical (unpaired) electrons. The van der Waals surface area contributed by atoms with Crippen LogP contribution in [-0.2, 0) is 6.54 Å². The van der Waals surface area contributed by atoms with E-state index in [0.29, 0.717) is 12.1 Å². The molecule has 0 unspecified atom stereocenters. The Bertz CT molecular complexity index is 1220. The maximum absolute atomic E-state index is 13.2. The molecular weight excluding hydrogens is 392 g/mol. The quantitative estimate of drug-likeness (QED) is 0.664. The van der Waals surface area contributed by atoms with Gasteiger partial charge in [0, 0.05) is 6.04 Å². The second-order valence-electron chi connectivity index (χ2n) is 7.97. The molecule has 2 aromatic carbocycles. The summed E-state index contributed by atoms with van der Waals surface area (Å²) in [6, 6.07) is 12.9. The minimum absolute atomic E-state index is 0.0505. The van der Waals surface area contributed by atoms with Crippen molar-refractivity contribution in [1.82, 2.24) is 19.7 Å². The summed E-state index contributed by atoms with van der Waals surface area (Å²) in [5, 5.41) is 6.95. The molecule has 0 aliphatic rings. The smallest absolute Gasteiger partial charge is 0.348 e. The van der Waals surface area contributed by atoms with Gasteiger partial charge in [0.25, 0.3) is 11.5 Å². The Balaban J connectivity index is 2.20. The molecule has 0 aliphatic carbocycles. The van der Waals surface area contributed by atoms with Gasteiger partial charge >= 0.3 is 5.69 Å². The van der Waals surface area contributed by atoms with Crippen molar-refractivity contribution in [1.29, 1.82) is 0 Å². The van der Waals surface area contributed by atoms with Crippen LogP contribution in [0.3, 0.4) is 0 Å². The van der Waals surface area contributed by atoms with E-state index in [0.717, 1.165) is 31.5 Å². The number of hydrogen-bond donors (Lipinski definition) is 1. The van der Waals surface area contributed by atoms with Crippen molar-refractivity contribution < 1.29 is 4.79 Å². The fourth-order valence-corrected chi connectivity index (χ4v) is 3.09. The minimum atomic E-state index is -0.702. The Kier molecular flexibility index (Phi) is 6.53. The van der Waals surface area contributed by atoms with Crippen molar-refractivity contribution in [3.63, 3.8) is 0 Å². The molecule has 0 bridgehead atoms. The highest BCUT2D eigenvalue weighted by Crippen LogP contribution is 2.12. The lowest BCUT2D eigenvalue weighted by Gasteiger charge is -2.15. The highest BCUT2D eigenvalue weighted by Gasteiger charge is 2.21. The number of hydrogen-bond acceptors (Lipinski definition) is 4. The summed E-state index contributed by atoms with van der Waals surface area (Å²) in [4.78, 5) is 39.1. The van der Waals surface area contributed by atoms with E-state index in [2.05, 4.69) is 10.4 Å². The molecule has 1 heterocycles. The van der Waals surface area contributed by atoms with Crippen LogP contribution < -0.4 is 16.6 Å². The number of benzene rings is 2. The van der Waals surface area contributed by atoms with Crippen molar-refractivity contribution in [2.24, 2.45) is 0 Å². The number of amides is 1. The van der Waals surface area contributed by atoms with Crippen LogP contribution in [0.4, 0.5) is 0 Å². The molecule has 162 valence electrons. The molecule has 1 N–H and O–H groups in total. The summed E-state index contributed by atoms with van der Waals surface area (Å²) in [7, 11) is 0. The molecule has 3 aromatic rings. The third-order valence-electron chi connectivity index (χ3n) is 5.46. The van der Waals surface area contributed by atoms with Crippen molar-refractivity contribution in [3.8, 4) is 5.69 Å². The number of nitrogens with one attached hydrogen (secondary N) is 1. The highest BCUT2D eigenvalue weighted by atomic mass is 16.2. The fraction of sp³-hybridized carbons (Fsp3) is 0.333. The third-order valence-corrected chi connectivity index (χ3v) is 5.46. The first-order valence-corrected chi connectivity index (χ1v) is 10.4. The molecule has 0 saturated heterocycles. The summed E-state index contributed by atoms with van der Waals surface area (Å²) < 4.78 is 2.20. The van der Waals surface area contributed by atoms with Gasteiger partial charge in [-0.15, -0.1) is 0 Å². The van der Waals surface area contributed by atoms with Gasteiger partial charge in [0.1, 0.15) is 0 Å². The van der Waals surface area contributed by atoms with E-state index in [4.69, 9.17) is 0 Å². The molecule has 1 amide bonds.